The average molecular weight is 515 g/mol. The van der Waals surface area contributed by atoms with Gasteiger partial charge in [-0.25, -0.2) is 13.2 Å². The van der Waals surface area contributed by atoms with Gasteiger partial charge in [0.1, 0.15) is 0 Å². The second-order valence-corrected chi connectivity index (χ2v) is 11.1. The van der Waals surface area contributed by atoms with Crippen LogP contribution in [0.15, 0.2) is 53.4 Å². The Hall–Kier alpha value is -1.80. The van der Waals surface area contributed by atoms with E-state index in [0.717, 1.165) is 36.8 Å². The van der Waals surface area contributed by atoms with E-state index in [9.17, 15) is 13.2 Å². The first-order valence-electron chi connectivity index (χ1n) is 10.9. The molecule has 1 aliphatic carbocycles. The number of hydrogen-bond donors (Lipinski definition) is 2. The summed E-state index contributed by atoms with van der Waals surface area (Å²) < 4.78 is 23.7. The molecule has 2 aromatic carbocycles. The van der Waals surface area contributed by atoms with E-state index in [1.54, 1.807) is 25.2 Å². The van der Waals surface area contributed by atoms with E-state index in [4.69, 9.17) is 17.3 Å². The molecule has 1 saturated carbocycles. The monoisotopic (exact) mass is 513 g/mol. The summed E-state index contributed by atoms with van der Waals surface area (Å²) in [5, 5.41) is 3.47. The first-order chi connectivity index (χ1) is 15.2. The van der Waals surface area contributed by atoms with E-state index in [1.165, 1.54) is 6.26 Å². The van der Waals surface area contributed by atoms with E-state index in [-0.39, 0.29) is 29.9 Å². The summed E-state index contributed by atoms with van der Waals surface area (Å²) in [7, 11) is -1.63. The summed E-state index contributed by atoms with van der Waals surface area (Å²) >= 11 is 6.22. The van der Waals surface area contributed by atoms with E-state index in [2.05, 4.69) is 11.4 Å². The van der Waals surface area contributed by atoms with E-state index in [1.807, 2.05) is 29.2 Å². The molecule has 0 heterocycles. The van der Waals surface area contributed by atoms with Crippen LogP contribution in [0, 0.1) is 0 Å². The number of halogens is 2. The van der Waals surface area contributed by atoms with Crippen LogP contribution in [-0.4, -0.2) is 51.8 Å². The number of sulfone groups is 1. The number of nitrogens with zero attached hydrogens (tertiary/aromatic N) is 1. The summed E-state index contributed by atoms with van der Waals surface area (Å²) in [5.74, 6) is 0. The van der Waals surface area contributed by atoms with Crippen LogP contribution in [0.25, 0.3) is 0 Å². The highest BCUT2D eigenvalue weighted by Gasteiger charge is 2.38. The Balaban J connectivity index is 0.00000385. The van der Waals surface area contributed by atoms with Crippen molar-refractivity contribution < 1.29 is 13.2 Å². The summed E-state index contributed by atoms with van der Waals surface area (Å²) in [4.78, 5) is 14.9. The lowest BCUT2D eigenvalue weighted by Crippen LogP contribution is -2.50. The van der Waals surface area contributed by atoms with Gasteiger partial charge in [0, 0.05) is 42.9 Å². The zero-order valence-electron chi connectivity index (χ0n) is 19.1. The molecule has 1 fully saturated rings. The number of amides is 2. The summed E-state index contributed by atoms with van der Waals surface area (Å²) in [6.45, 7) is 1.06. The fraction of sp³-hybridized carbons (Fsp3) is 0.458. The topological polar surface area (TPSA) is 92.5 Å². The summed E-state index contributed by atoms with van der Waals surface area (Å²) in [6, 6.07) is 14.8. The first-order valence-corrected chi connectivity index (χ1v) is 13.2. The molecule has 9 heteroatoms. The van der Waals surface area contributed by atoms with Crippen LogP contribution >= 0.6 is 24.0 Å². The minimum atomic E-state index is -3.26. The molecule has 6 nitrogen and oxygen atoms in total. The maximum atomic E-state index is 12.7. The van der Waals surface area contributed by atoms with Gasteiger partial charge in [0.15, 0.2) is 9.84 Å². The number of carbonyl (C=O) groups excluding carboxylic acids is 1. The number of urea groups is 1. The van der Waals surface area contributed by atoms with Crippen molar-refractivity contribution in [1.29, 1.82) is 0 Å². The Labute approximate surface area is 208 Å². The zero-order chi connectivity index (χ0) is 23.4. The normalized spacial score (nSPS) is 20.5. The van der Waals surface area contributed by atoms with Crippen molar-refractivity contribution >= 4 is 39.9 Å². The SMILES string of the molecule is CNC(=O)N(CCc1cccc(S(C)(=O)=O)c1)[C@H]1CC[C@@](CN)(c2cccc(Cl)c2)CC1.Cl. The predicted molar refractivity (Wildman–Crippen MR) is 136 cm³/mol. The van der Waals surface area contributed by atoms with Crippen molar-refractivity contribution in [3.05, 3.63) is 64.7 Å². The number of nitrogens with one attached hydrogen (secondary N) is 1. The molecular weight excluding hydrogens is 481 g/mol. The third-order valence-corrected chi connectivity index (χ3v) is 7.97. The number of rotatable bonds is 7. The molecule has 0 unspecified atom stereocenters. The Kier molecular flexibility index (Phi) is 9.61. The highest BCUT2D eigenvalue weighted by molar-refractivity contribution is 7.90. The van der Waals surface area contributed by atoms with Gasteiger partial charge in [0.25, 0.3) is 0 Å². The van der Waals surface area contributed by atoms with Crippen LogP contribution in [0.2, 0.25) is 5.02 Å². The van der Waals surface area contributed by atoms with Gasteiger partial charge in [0.2, 0.25) is 0 Å². The fourth-order valence-corrected chi connectivity index (χ4v) is 5.55. The van der Waals surface area contributed by atoms with Gasteiger partial charge in [-0.15, -0.1) is 12.4 Å². The van der Waals surface area contributed by atoms with Crippen molar-refractivity contribution in [2.45, 2.75) is 48.5 Å². The summed E-state index contributed by atoms with van der Waals surface area (Å²) in [5.41, 5.74) is 8.16. The van der Waals surface area contributed by atoms with Gasteiger partial charge >= 0.3 is 6.03 Å². The Morgan fingerprint density at radius 2 is 1.85 bits per heavy atom. The smallest absolute Gasteiger partial charge is 0.317 e. The van der Waals surface area contributed by atoms with Crippen LogP contribution in [0.5, 0.6) is 0 Å². The highest BCUT2D eigenvalue weighted by Crippen LogP contribution is 2.40. The van der Waals surface area contributed by atoms with E-state index in [0.29, 0.717) is 29.4 Å². The van der Waals surface area contributed by atoms with Gasteiger partial charge in [-0.3, -0.25) is 0 Å². The minimum Gasteiger partial charge on any atom is -0.341 e. The molecular formula is C24H33Cl2N3O3S. The molecule has 3 rings (SSSR count). The summed E-state index contributed by atoms with van der Waals surface area (Å²) in [6.07, 6.45) is 5.25. The Morgan fingerprint density at radius 1 is 1.18 bits per heavy atom. The Bertz CT molecular complexity index is 1050. The van der Waals surface area contributed by atoms with Crippen molar-refractivity contribution in [2.24, 2.45) is 5.73 Å². The van der Waals surface area contributed by atoms with Gasteiger partial charge in [-0.1, -0.05) is 35.9 Å². The standard InChI is InChI=1S/C24H32ClN3O3S.ClH/c1-27-23(29)28(14-11-18-5-3-8-22(15-18)32(2,30)31)21-9-12-24(17-26,13-10-21)19-6-4-7-20(25)16-19;/h3-8,15-16,21H,9-14,17,26H2,1-2H3,(H,27,29);1H/t21-,24+;. The lowest BCUT2D eigenvalue weighted by molar-refractivity contribution is 0.137. The number of benzene rings is 2. The molecule has 0 aromatic heterocycles. The molecule has 1 aliphatic rings. The number of nitrogens with two attached hydrogens (primary N) is 1. The lowest BCUT2D eigenvalue weighted by atomic mass is 9.68. The van der Waals surface area contributed by atoms with Gasteiger partial charge in [-0.05, 0) is 67.5 Å². The second kappa shape index (κ2) is 11.6. The Morgan fingerprint density at radius 3 is 2.42 bits per heavy atom. The van der Waals surface area contributed by atoms with Crippen molar-refractivity contribution in [3.63, 3.8) is 0 Å². The molecule has 0 bridgehead atoms. The molecule has 0 spiro atoms. The second-order valence-electron chi connectivity index (χ2n) is 8.64. The third-order valence-electron chi connectivity index (χ3n) is 6.62. The lowest BCUT2D eigenvalue weighted by Gasteiger charge is -2.43. The largest absolute Gasteiger partial charge is 0.341 e. The van der Waals surface area contributed by atoms with Gasteiger partial charge in [0.05, 0.1) is 4.90 Å². The number of hydrogen-bond acceptors (Lipinski definition) is 4. The molecule has 2 aromatic rings. The van der Waals surface area contributed by atoms with Crippen LogP contribution in [0.3, 0.4) is 0 Å². The van der Waals surface area contributed by atoms with E-state index < -0.39 is 9.84 Å². The van der Waals surface area contributed by atoms with Crippen LogP contribution in [0.1, 0.15) is 36.8 Å². The third kappa shape index (κ3) is 6.63. The van der Waals surface area contributed by atoms with Crippen molar-refractivity contribution in [3.8, 4) is 0 Å². The molecule has 0 atom stereocenters. The highest BCUT2D eigenvalue weighted by atomic mass is 35.5. The van der Waals surface area contributed by atoms with Crippen LogP contribution < -0.4 is 11.1 Å². The quantitative estimate of drug-likeness (QED) is 0.580. The van der Waals surface area contributed by atoms with Crippen LogP contribution in [0.4, 0.5) is 4.79 Å². The predicted octanol–water partition coefficient (Wildman–Crippen LogP) is 4.19. The first kappa shape index (κ1) is 27.4. The zero-order valence-corrected chi connectivity index (χ0v) is 21.5. The van der Waals surface area contributed by atoms with Crippen molar-refractivity contribution in [2.75, 3.05) is 26.4 Å². The van der Waals surface area contributed by atoms with Gasteiger partial charge < -0.3 is 16.0 Å². The fourth-order valence-electron chi connectivity index (χ4n) is 4.67. The molecule has 0 saturated heterocycles. The molecule has 2 amide bonds. The van der Waals surface area contributed by atoms with Crippen LogP contribution in [-0.2, 0) is 21.7 Å². The van der Waals surface area contributed by atoms with E-state index >= 15 is 0 Å². The molecule has 0 aliphatic heterocycles. The maximum Gasteiger partial charge on any atom is 0.317 e. The minimum absolute atomic E-state index is 0. The molecule has 33 heavy (non-hydrogen) atoms. The molecule has 0 radical (unpaired) electrons. The number of carbonyl (C=O) groups is 1. The maximum absolute atomic E-state index is 12.7. The molecule has 3 N–H and O–H groups in total. The van der Waals surface area contributed by atoms with Gasteiger partial charge in [-0.2, -0.15) is 0 Å². The molecule has 182 valence electrons. The average Bonchev–Trinajstić information content (AvgIpc) is 2.79. The van der Waals surface area contributed by atoms with Crippen molar-refractivity contribution in [1.82, 2.24) is 10.2 Å².